The van der Waals surface area contributed by atoms with E-state index in [2.05, 4.69) is 4.90 Å². The van der Waals surface area contributed by atoms with Gasteiger partial charge in [-0.3, -0.25) is 4.79 Å². The number of carbonyl (C=O) groups is 1. The average Bonchev–Trinajstić information content (AvgIpc) is 2.58. The van der Waals surface area contributed by atoms with Gasteiger partial charge in [-0.25, -0.2) is 4.39 Å². The quantitative estimate of drug-likeness (QED) is 0.854. The zero-order chi connectivity index (χ0) is 15.8. The smallest absolute Gasteiger partial charge is 0.231 e. The molecule has 23 heavy (non-hydrogen) atoms. The van der Waals surface area contributed by atoms with Crippen molar-refractivity contribution >= 4 is 17.3 Å². The van der Waals surface area contributed by atoms with E-state index in [9.17, 15) is 9.18 Å². The Labute approximate surface area is 134 Å². The van der Waals surface area contributed by atoms with Crippen LogP contribution in [0.15, 0.2) is 42.5 Å². The Morgan fingerprint density at radius 1 is 1.09 bits per heavy atom. The van der Waals surface area contributed by atoms with Crippen LogP contribution in [0.25, 0.3) is 0 Å². The van der Waals surface area contributed by atoms with Gasteiger partial charge in [0.15, 0.2) is 0 Å². The van der Waals surface area contributed by atoms with Crippen molar-refractivity contribution in [3.63, 3.8) is 0 Å². The van der Waals surface area contributed by atoms with Crippen LogP contribution in [0.3, 0.4) is 0 Å². The summed E-state index contributed by atoms with van der Waals surface area (Å²) in [6.07, 6.45) is 0.0667. The molecule has 0 saturated carbocycles. The Morgan fingerprint density at radius 3 is 2.83 bits per heavy atom. The molecule has 2 heterocycles. The second kappa shape index (κ2) is 5.57. The molecular weight excluding hydrogens is 295 g/mol. The van der Waals surface area contributed by atoms with Gasteiger partial charge in [0.05, 0.1) is 18.7 Å². The maximum Gasteiger partial charge on any atom is 0.231 e. The summed E-state index contributed by atoms with van der Waals surface area (Å²) in [6.45, 7) is 2.89. The number of para-hydroxylation sites is 1. The molecule has 0 atom stereocenters. The number of hydrogen-bond acceptors (Lipinski definition) is 3. The van der Waals surface area contributed by atoms with Crippen molar-refractivity contribution in [2.45, 2.75) is 6.42 Å². The highest BCUT2D eigenvalue weighted by molar-refractivity contribution is 6.00. The van der Waals surface area contributed by atoms with E-state index in [1.54, 1.807) is 23.1 Å². The Bertz CT molecular complexity index is 762. The summed E-state index contributed by atoms with van der Waals surface area (Å²) >= 11 is 0. The van der Waals surface area contributed by atoms with E-state index < -0.39 is 0 Å². The lowest BCUT2D eigenvalue weighted by atomic mass is 10.1. The van der Waals surface area contributed by atoms with E-state index in [1.165, 1.54) is 6.07 Å². The van der Waals surface area contributed by atoms with E-state index in [0.29, 0.717) is 18.7 Å². The lowest BCUT2D eigenvalue weighted by Gasteiger charge is -2.41. The molecule has 0 bridgehead atoms. The molecule has 0 unspecified atom stereocenters. The molecule has 2 aliphatic heterocycles. The van der Waals surface area contributed by atoms with Crippen LogP contribution in [-0.2, 0) is 11.2 Å². The maximum atomic E-state index is 13.8. The molecule has 2 aromatic rings. The second-order valence-corrected chi connectivity index (χ2v) is 5.77. The van der Waals surface area contributed by atoms with Crippen LogP contribution in [0.4, 0.5) is 15.8 Å². The molecule has 0 aliphatic carbocycles. The fourth-order valence-electron chi connectivity index (χ4n) is 3.26. The van der Waals surface area contributed by atoms with Crippen LogP contribution in [0.2, 0.25) is 0 Å². The minimum atomic E-state index is -0.335. The average molecular weight is 312 g/mol. The first-order chi connectivity index (χ1) is 11.2. The molecule has 0 aromatic heterocycles. The van der Waals surface area contributed by atoms with Crippen LogP contribution in [0.1, 0.15) is 5.56 Å². The van der Waals surface area contributed by atoms with Gasteiger partial charge in [-0.15, -0.1) is 0 Å². The molecule has 4 nitrogen and oxygen atoms in total. The molecule has 2 aromatic carbocycles. The first-order valence-corrected chi connectivity index (χ1v) is 7.78. The van der Waals surface area contributed by atoms with Gasteiger partial charge in [0, 0.05) is 13.1 Å². The zero-order valence-electron chi connectivity index (χ0n) is 12.7. The van der Waals surface area contributed by atoms with Crippen molar-refractivity contribution in [2.75, 3.05) is 36.0 Å². The van der Waals surface area contributed by atoms with E-state index in [1.807, 2.05) is 18.2 Å². The van der Waals surface area contributed by atoms with Gasteiger partial charge in [0.25, 0.3) is 0 Å². The minimum absolute atomic E-state index is 0.0667. The second-order valence-electron chi connectivity index (χ2n) is 5.77. The van der Waals surface area contributed by atoms with Gasteiger partial charge in [0.2, 0.25) is 5.91 Å². The number of hydrogen-bond donors (Lipinski definition) is 0. The van der Waals surface area contributed by atoms with Crippen molar-refractivity contribution in [1.29, 1.82) is 0 Å². The van der Waals surface area contributed by atoms with E-state index in [-0.39, 0.29) is 18.1 Å². The summed E-state index contributed by atoms with van der Waals surface area (Å²) < 4.78 is 19.5. The molecule has 0 saturated heterocycles. The van der Waals surface area contributed by atoms with Crippen LogP contribution in [0, 0.1) is 5.82 Å². The van der Waals surface area contributed by atoms with Crippen molar-refractivity contribution < 1.29 is 13.9 Å². The highest BCUT2D eigenvalue weighted by atomic mass is 19.1. The normalized spacial score (nSPS) is 15.9. The van der Waals surface area contributed by atoms with Crippen molar-refractivity contribution in [1.82, 2.24) is 0 Å². The van der Waals surface area contributed by atoms with E-state index >= 15 is 0 Å². The highest BCUT2D eigenvalue weighted by Gasteiger charge is 2.31. The first kappa shape index (κ1) is 14.1. The third-order valence-electron chi connectivity index (χ3n) is 4.40. The monoisotopic (exact) mass is 312 g/mol. The fraction of sp³-hybridized carbons (Fsp3) is 0.278. The van der Waals surface area contributed by atoms with Crippen molar-refractivity contribution in [2.24, 2.45) is 0 Å². The fourth-order valence-corrected chi connectivity index (χ4v) is 3.26. The molecule has 4 rings (SSSR count). The topological polar surface area (TPSA) is 32.8 Å². The number of benzene rings is 2. The number of anilines is 2. The maximum absolute atomic E-state index is 13.8. The van der Waals surface area contributed by atoms with Gasteiger partial charge in [-0.1, -0.05) is 24.3 Å². The molecular formula is C18H17FN2O2. The third kappa shape index (κ3) is 2.42. The Balaban J connectivity index is 1.65. The SMILES string of the molecule is O=C(Cc1ccccc1F)N1CCN2CCOc3cccc1c32. The van der Waals surface area contributed by atoms with Gasteiger partial charge in [-0.2, -0.15) is 0 Å². The summed E-state index contributed by atoms with van der Waals surface area (Å²) in [4.78, 5) is 16.7. The summed E-state index contributed by atoms with van der Waals surface area (Å²) in [5.74, 6) is 0.392. The predicted octanol–water partition coefficient (Wildman–Crippen LogP) is 2.61. The number of ether oxygens (including phenoxy) is 1. The highest BCUT2D eigenvalue weighted by Crippen LogP contribution is 2.42. The van der Waals surface area contributed by atoms with Gasteiger partial charge >= 0.3 is 0 Å². The number of amides is 1. The van der Waals surface area contributed by atoms with Gasteiger partial charge in [-0.05, 0) is 23.8 Å². The number of halogens is 1. The Kier molecular flexibility index (Phi) is 3.41. The predicted molar refractivity (Wildman–Crippen MR) is 86.6 cm³/mol. The minimum Gasteiger partial charge on any atom is -0.489 e. The molecule has 2 aliphatic rings. The van der Waals surface area contributed by atoms with Gasteiger partial charge in [0.1, 0.15) is 23.9 Å². The number of rotatable bonds is 2. The zero-order valence-corrected chi connectivity index (χ0v) is 12.7. The molecule has 0 N–H and O–H groups in total. The first-order valence-electron chi connectivity index (χ1n) is 7.78. The summed E-state index contributed by atoms with van der Waals surface area (Å²) in [5, 5.41) is 0. The Hall–Kier alpha value is -2.56. The lowest BCUT2D eigenvalue weighted by Crippen LogP contribution is -2.47. The summed E-state index contributed by atoms with van der Waals surface area (Å²) in [6, 6.07) is 12.2. The van der Waals surface area contributed by atoms with Crippen molar-refractivity contribution in [3.8, 4) is 5.75 Å². The lowest BCUT2D eigenvalue weighted by molar-refractivity contribution is -0.118. The summed E-state index contributed by atoms with van der Waals surface area (Å²) in [7, 11) is 0. The van der Waals surface area contributed by atoms with E-state index in [0.717, 1.165) is 30.2 Å². The third-order valence-corrected chi connectivity index (χ3v) is 4.40. The molecule has 0 radical (unpaired) electrons. The van der Waals surface area contributed by atoms with Crippen LogP contribution >= 0.6 is 0 Å². The molecule has 5 heteroatoms. The van der Waals surface area contributed by atoms with Crippen molar-refractivity contribution in [3.05, 3.63) is 53.8 Å². The summed E-state index contributed by atoms with van der Waals surface area (Å²) in [5.41, 5.74) is 2.27. The van der Waals surface area contributed by atoms with Crippen LogP contribution in [0.5, 0.6) is 5.75 Å². The Morgan fingerprint density at radius 2 is 1.96 bits per heavy atom. The number of nitrogens with zero attached hydrogens (tertiary/aromatic N) is 2. The van der Waals surface area contributed by atoms with E-state index in [4.69, 9.17) is 4.74 Å². The molecule has 0 spiro atoms. The largest absolute Gasteiger partial charge is 0.489 e. The van der Waals surface area contributed by atoms with Crippen LogP contribution < -0.4 is 14.5 Å². The molecule has 1 amide bonds. The standard InChI is InChI=1S/C18H17FN2O2/c19-14-5-2-1-4-13(14)12-17(22)21-9-8-20-10-11-23-16-7-3-6-15(21)18(16)20/h1-7H,8-12H2. The van der Waals surface area contributed by atoms with Crippen LogP contribution in [-0.4, -0.2) is 32.1 Å². The number of carbonyl (C=O) groups excluding carboxylic acids is 1. The molecule has 118 valence electrons. The van der Waals surface area contributed by atoms with Gasteiger partial charge < -0.3 is 14.5 Å². The molecule has 0 fully saturated rings.